The van der Waals surface area contributed by atoms with Crippen molar-refractivity contribution in [3.05, 3.63) is 23.8 Å². The topological polar surface area (TPSA) is 71.1 Å². The van der Waals surface area contributed by atoms with E-state index in [1.807, 2.05) is 18.2 Å². The number of ether oxygens (including phenoxy) is 2. The second-order valence-electron chi connectivity index (χ2n) is 5.34. The molecule has 1 aromatic carbocycles. The Labute approximate surface area is 128 Å². The van der Waals surface area contributed by atoms with Gasteiger partial charge in [-0.1, -0.05) is 6.07 Å². The van der Waals surface area contributed by atoms with Crippen molar-refractivity contribution in [2.75, 3.05) is 40.0 Å². The maximum absolute atomic E-state index is 11.8. The monoisotopic (exact) mass is 305 g/mol. The fraction of sp³-hybridized carbons (Fsp3) is 0.467. The number of nitrogens with one attached hydrogen (secondary N) is 1. The Morgan fingerprint density at radius 2 is 1.86 bits per heavy atom. The molecule has 0 saturated carbocycles. The molecule has 0 aromatic heterocycles. The Bertz CT molecular complexity index is 582. The van der Waals surface area contributed by atoms with Crippen molar-refractivity contribution in [1.29, 1.82) is 0 Å². The SMILES string of the molecule is CNC(=O)C(=O)N1CCN(Cc2ccc3c(c2)OCO3)CC1. The molecule has 3 rings (SSSR count). The summed E-state index contributed by atoms with van der Waals surface area (Å²) in [5.74, 6) is 0.560. The van der Waals surface area contributed by atoms with Gasteiger partial charge in [0.05, 0.1) is 0 Å². The van der Waals surface area contributed by atoms with Crippen molar-refractivity contribution in [1.82, 2.24) is 15.1 Å². The van der Waals surface area contributed by atoms with E-state index in [1.165, 1.54) is 7.05 Å². The minimum absolute atomic E-state index is 0.277. The van der Waals surface area contributed by atoms with Crippen molar-refractivity contribution in [2.45, 2.75) is 6.54 Å². The first kappa shape index (κ1) is 14.6. The molecule has 2 aliphatic heterocycles. The highest BCUT2D eigenvalue weighted by molar-refractivity contribution is 6.34. The molecule has 0 unspecified atom stereocenters. The molecule has 0 spiro atoms. The molecule has 0 bridgehead atoms. The smallest absolute Gasteiger partial charge is 0.311 e. The lowest BCUT2D eigenvalue weighted by Gasteiger charge is -2.34. The molecule has 22 heavy (non-hydrogen) atoms. The number of piperazine rings is 1. The number of fused-ring (bicyclic) bond motifs is 1. The number of hydrogen-bond donors (Lipinski definition) is 1. The first-order chi connectivity index (χ1) is 10.7. The van der Waals surface area contributed by atoms with Crippen LogP contribution in [0.3, 0.4) is 0 Å². The second-order valence-corrected chi connectivity index (χ2v) is 5.34. The number of amides is 2. The zero-order valence-corrected chi connectivity index (χ0v) is 12.5. The van der Waals surface area contributed by atoms with E-state index in [2.05, 4.69) is 10.2 Å². The van der Waals surface area contributed by atoms with E-state index >= 15 is 0 Å². The molecule has 118 valence electrons. The average molecular weight is 305 g/mol. The molecule has 0 aliphatic carbocycles. The van der Waals surface area contributed by atoms with Crippen molar-refractivity contribution in [2.24, 2.45) is 0 Å². The van der Waals surface area contributed by atoms with Gasteiger partial charge >= 0.3 is 11.8 Å². The summed E-state index contributed by atoms with van der Waals surface area (Å²) in [5.41, 5.74) is 1.15. The van der Waals surface area contributed by atoms with Gasteiger partial charge in [0.15, 0.2) is 11.5 Å². The van der Waals surface area contributed by atoms with E-state index in [-0.39, 0.29) is 6.79 Å². The van der Waals surface area contributed by atoms with E-state index in [4.69, 9.17) is 9.47 Å². The molecule has 2 aliphatic rings. The highest BCUT2D eigenvalue weighted by atomic mass is 16.7. The molecule has 1 fully saturated rings. The fourth-order valence-electron chi connectivity index (χ4n) is 2.66. The summed E-state index contributed by atoms with van der Waals surface area (Å²) >= 11 is 0. The van der Waals surface area contributed by atoms with Gasteiger partial charge in [-0.05, 0) is 17.7 Å². The fourth-order valence-corrected chi connectivity index (χ4v) is 2.66. The van der Waals surface area contributed by atoms with Crippen LogP contribution in [-0.4, -0.2) is 61.6 Å². The third kappa shape index (κ3) is 2.99. The summed E-state index contributed by atoms with van der Waals surface area (Å²) < 4.78 is 10.7. The molecule has 1 N–H and O–H groups in total. The summed E-state index contributed by atoms with van der Waals surface area (Å²) in [6.45, 7) is 3.69. The molecule has 1 saturated heterocycles. The lowest BCUT2D eigenvalue weighted by molar-refractivity contribution is -0.146. The lowest BCUT2D eigenvalue weighted by Crippen LogP contribution is -2.51. The van der Waals surface area contributed by atoms with Crippen LogP contribution in [0.25, 0.3) is 0 Å². The zero-order chi connectivity index (χ0) is 15.5. The molecule has 0 atom stereocenters. The molecule has 0 radical (unpaired) electrons. The molecular formula is C15H19N3O4. The number of benzene rings is 1. The quantitative estimate of drug-likeness (QED) is 0.767. The van der Waals surface area contributed by atoms with Gasteiger partial charge in [0.25, 0.3) is 0 Å². The Morgan fingerprint density at radius 1 is 1.14 bits per heavy atom. The van der Waals surface area contributed by atoms with Crippen molar-refractivity contribution in [3.8, 4) is 11.5 Å². The predicted octanol–water partition coefficient (Wildman–Crippen LogP) is -0.194. The van der Waals surface area contributed by atoms with Gasteiger partial charge in [0.2, 0.25) is 6.79 Å². The Morgan fingerprint density at radius 3 is 2.59 bits per heavy atom. The van der Waals surface area contributed by atoms with Gasteiger partial charge in [-0.15, -0.1) is 0 Å². The van der Waals surface area contributed by atoms with Gasteiger partial charge in [0, 0.05) is 39.8 Å². The van der Waals surface area contributed by atoms with Crippen LogP contribution >= 0.6 is 0 Å². The first-order valence-electron chi connectivity index (χ1n) is 7.29. The number of carbonyl (C=O) groups is 2. The summed E-state index contributed by atoms with van der Waals surface area (Å²) in [6.07, 6.45) is 0. The molecule has 2 amide bonds. The summed E-state index contributed by atoms with van der Waals surface area (Å²) in [7, 11) is 1.47. The van der Waals surface area contributed by atoms with Gasteiger partial charge < -0.3 is 19.7 Å². The third-order valence-corrected chi connectivity index (χ3v) is 3.92. The van der Waals surface area contributed by atoms with Crippen LogP contribution in [0.15, 0.2) is 18.2 Å². The Hall–Kier alpha value is -2.28. The molecule has 2 heterocycles. The Kier molecular flexibility index (Phi) is 4.15. The number of hydrogen-bond acceptors (Lipinski definition) is 5. The first-order valence-corrected chi connectivity index (χ1v) is 7.29. The van der Waals surface area contributed by atoms with E-state index in [1.54, 1.807) is 4.90 Å². The van der Waals surface area contributed by atoms with Crippen LogP contribution in [0.2, 0.25) is 0 Å². The highest BCUT2D eigenvalue weighted by Crippen LogP contribution is 2.32. The second kappa shape index (κ2) is 6.23. The molecule has 7 heteroatoms. The van der Waals surface area contributed by atoms with Crippen LogP contribution in [-0.2, 0) is 16.1 Å². The summed E-state index contributed by atoms with van der Waals surface area (Å²) in [6, 6.07) is 5.93. The number of carbonyl (C=O) groups excluding carboxylic acids is 2. The van der Waals surface area contributed by atoms with Crippen LogP contribution in [0, 0.1) is 0 Å². The van der Waals surface area contributed by atoms with Gasteiger partial charge in [-0.2, -0.15) is 0 Å². The average Bonchev–Trinajstić information content (AvgIpc) is 3.02. The minimum Gasteiger partial charge on any atom is -0.454 e. The molecule has 7 nitrogen and oxygen atoms in total. The van der Waals surface area contributed by atoms with E-state index in [0.29, 0.717) is 13.1 Å². The molecule has 1 aromatic rings. The summed E-state index contributed by atoms with van der Waals surface area (Å²) in [5, 5.41) is 2.37. The largest absolute Gasteiger partial charge is 0.454 e. The van der Waals surface area contributed by atoms with Crippen LogP contribution in [0.5, 0.6) is 11.5 Å². The zero-order valence-electron chi connectivity index (χ0n) is 12.5. The number of nitrogens with zero attached hydrogens (tertiary/aromatic N) is 2. The predicted molar refractivity (Wildman–Crippen MR) is 78.5 cm³/mol. The van der Waals surface area contributed by atoms with Crippen LogP contribution < -0.4 is 14.8 Å². The van der Waals surface area contributed by atoms with Crippen LogP contribution in [0.4, 0.5) is 0 Å². The van der Waals surface area contributed by atoms with E-state index in [0.717, 1.165) is 36.7 Å². The van der Waals surface area contributed by atoms with Crippen LogP contribution in [0.1, 0.15) is 5.56 Å². The van der Waals surface area contributed by atoms with Crippen molar-refractivity contribution in [3.63, 3.8) is 0 Å². The van der Waals surface area contributed by atoms with Gasteiger partial charge in [-0.3, -0.25) is 14.5 Å². The van der Waals surface area contributed by atoms with E-state index < -0.39 is 11.8 Å². The minimum atomic E-state index is -0.552. The number of likely N-dealkylation sites (N-methyl/N-ethyl adjacent to an activating group) is 1. The van der Waals surface area contributed by atoms with E-state index in [9.17, 15) is 9.59 Å². The van der Waals surface area contributed by atoms with Crippen molar-refractivity contribution < 1.29 is 19.1 Å². The van der Waals surface area contributed by atoms with Gasteiger partial charge in [0.1, 0.15) is 0 Å². The Balaban J connectivity index is 1.54. The number of rotatable bonds is 2. The third-order valence-electron chi connectivity index (χ3n) is 3.92. The standard InChI is InChI=1S/C15H19N3O4/c1-16-14(19)15(20)18-6-4-17(5-7-18)9-11-2-3-12-13(8-11)22-10-21-12/h2-3,8H,4-7,9-10H2,1H3,(H,16,19). The van der Waals surface area contributed by atoms with Crippen molar-refractivity contribution >= 4 is 11.8 Å². The normalized spacial score (nSPS) is 17.4. The van der Waals surface area contributed by atoms with Gasteiger partial charge in [-0.25, -0.2) is 0 Å². The lowest BCUT2D eigenvalue weighted by atomic mass is 10.1. The molecular weight excluding hydrogens is 286 g/mol. The maximum atomic E-state index is 11.8. The maximum Gasteiger partial charge on any atom is 0.311 e. The summed E-state index contributed by atoms with van der Waals surface area (Å²) in [4.78, 5) is 27.0. The highest BCUT2D eigenvalue weighted by Gasteiger charge is 2.25.